The third kappa shape index (κ3) is 3.50. The van der Waals surface area contributed by atoms with E-state index in [1.165, 1.54) is 37.3 Å². The van der Waals surface area contributed by atoms with E-state index in [1.807, 2.05) is 0 Å². The second kappa shape index (κ2) is 7.25. The molecular weight excluding hydrogens is 272 g/mol. The number of nitrogens with zero attached hydrogens (tertiary/aromatic N) is 3. The van der Waals surface area contributed by atoms with Crippen molar-refractivity contribution in [2.45, 2.75) is 39.3 Å². The Morgan fingerprint density at radius 3 is 3.00 bits per heavy atom. The van der Waals surface area contributed by atoms with Crippen molar-refractivity contribution in [1.82, 2.24) is 19.8 Å². The van der Waals surface area contributed by atoms with Gasteiger partial charge in [0.15, 0.2) is 0 Å². The van der Waals surface area contributed by atoms with Crippen LogP contribution in [0.5, 0.6) is 0 Å². The topological polar surface area (TPSA) is 33.1 Å². The second-order valence-electron chi connectivity index (χ2n) is 6.57. The van der Waals surface area contributed by atoms with Crippen LogP contribution in [-0.2, 0) is 13.1 Å². The lowest BCUT2D eigenvalue weighted by atomic mass is 9.98. The molecule has 0 bridgehead atoms. The van der Waals surface area contributed by atoms with Gasteiger partial charge in [0.25, 0.3) is 0 Å². The lowest BCUT2D eigenvalue weighted by Gasteiger charge is -2.29. The van der Waals surface area contributed by atoms with Crippen molar-refractivity contribution < 1.29 is 0 Å². The Hall–Kier alpha value is -1.39. The van der Waals surface area contributed by atoms with E-state index >= 15 is 0 Å². The number of hydrogen-bond donors (Lipinski definition) is 1. The van der Waals surface area contributed by atoms with E-state index in [0.29, 0.717) is 0 Å². The summed E-state index contributed by atoms with van der Waals surface area (Å²) in [5.41, 5.74) is 2.38. The minimum Gasteiger partial charge on any atom is -0.327 e. The van der Waals surface area contributed by atoms with Crippen molar-refractivity contribution in [3.8, 4) is 0 Å². The maximum Gasteiger partial charge on any atom is 0.123 e. The molecule has 1 aromatic heterocycles. The third-order valence-electron chi connectivity index (χ3n) is 4.62. The number of piperidine rings is 1. The van der Waals surface area contributed by atoms with Gasteiger partial charge in [-0.25, -0.2) is 4.98 Å². The molecule has 1 aliphatic rings. The van der Waals surface area contributed by atoms with Crippen LogP contribution in [0, 0.1) is 5.92 Å². The molecule has 0 radical (unpaired) electrons. The number of benzene rings is 1. The fraction of sp³-hybridized carbons (Fsp3) is 0.611. The summed E-state index contributed by atoms with van der Waals surface area (Å²) < 4.78 is 2.37. The fourth-order valence-electron chi connectivity index (χ4n) is 3.56. The standard InChI is InChI=1S/C18H28N4/c1-3-10-22-17-9-5-4-8-16(17)20-18(22)13-19-12-15-7-6-11-21(2)14-15/h4-5,8-9,15,19H,3,6-7,10-14H2,1-2H3. The molecule has 0 saturated carbocycles. The van der Waals surface area contributed by atoms with Crippen molar-refractivity contribution in [2.75, 3.05) is 26.7 Å². The Morgan fingerprint density at radius 2 is 2.18 bits per heavy atom. The van der Waals surface area contributed by atoms with Crippen LogP contribution in [0.4, 0.5) is 0 Å². The molecule has 22 heavy (non-hydrogen) atoms. The molecule has 3 rings (SSSR count). The molecule has 1 saturated heterocycles. The molecule has 1 unspecified atom stereocenters. The molecule has 2 heterocycles. The highest BCUT2D eigenvalue weighted by Crippen LogP contribution is 2.17. The highest BCUT2D eigenvalue weighted by molar-refractivity contribution is 5.75. The van der Waals surface area contributed by atoms with Crippen molar-refractivity contribution in [2.24, 2.45) is 5.92 Å². The van der Waals surface area contributed by atoms with Crippen LogP contribution in [0.2, 0.25) is 0 Å². The summed E-state index contributed by atoms with van der Waals surface area (Å²) in [6.07, 6.45) is 3.82. The van der Waals surface area contributed by atoms with E-state index in [9.17, 15) is 0 Å². The molecular formula is C18H28N4. The summed E-state index contributed by atoms with van der Waals surface area (Å²) in [6.45, 7) is 7.71. The highest BCUT2D eigenvalue weighted by atomic mass is 15.1. The number of para-hydroxylation sites is 2. The van der Waals surface area contributed by atoms with Gasteiger partial charge in [0.2, 0.25) is 0 Å². The van der Waals surface area contributed by atoms with Crippen molar-refractivity contribution in [3.63, 3.8) is 0 Å². The largest absolute Gasteiger partial charge is 0.327 e. The first-order valence-corrected chi connectivity index (χ1v) is 8.61. The van der Waals surface area contributed by atoms with Gasteiger partial charge >= 0.3 is 0 Å². The van der Waals surface area contributed by atoms with Crippen molar-refractivity contribution in [1.29, 1.82) is 0 Å². The number of imidazole rings is 1. The zero-order valence-electron chi connectivity index (χ0n) is 13.9. The van der Waals surface area contributed by atoms with E-state index < -0.39 is 0 Å². The van der Waals surface area contributed by atoms with Gasteiger partial charge in [0, 0.05) is 13.1 Å². The number of fused-ring (bicyclic) bond motifs is 1. The normalized spacial score (nSPS) is 19.8. The van der Waals surface area contributed by atoms with Gasteiger partial charge in [-0.3, -0.25) is 0 Å². The summed E-state index contributed by atoms with van der Waals surface area (Å²) in [4.78, 5) is 7.27. The molecule has 120 valence electrons. The van der Waals surface area contributed by atoms with Gasteiger partial charge in [-0.15, -0.1) is 0 Å². The number of rotatable bonds is 6. The average Bonchev–Trinajstić information content (AvgIpc) is 2.86. The van der Waals surface area contributed by atoms with Gasteiger partial charge in [0.1, 0.15) is 5.82 Å². The van der Waals surface area contributed by atoms with Crippen LogP contribution < -0.4 is 5.32 Å². The molecule has 2 aromatic rings. The van der Waals surface area contributed by atoms with Crippen molar-refractivity contribution in [3.05, 3.63) is 30.1 Å². The van der Waals surface area contributed by atoms with Gasteiger partial charge < -0.3 is 14.8 Å². The zero-order chi connectivity index (χ0) is 15.4. The van der Waals surface area contributed by atoms with Crippen LogP contribution in [0.25, 0.3) is 11.0 Å². The average molecular weight is 300 g/mol. The summed E-state index contributed by atoms with van der Waals surface area (Å²) >= 11 is 0. The van der Waals surface area contributed by atoms with Gasteiger partial charge in [-0.1, -0.05) is 19.1 Å². The van der Waals surface area contributed by atoms with Gasteiger partial charge in [-0.2, -0.15) is 0 Å². The third-order valence-corrected chi connectivity index (χ3v) is 4.62. The van der Waals surface area contributed by atoms with E-state index in [0.717, 1.165) is 37.5 Å². The predicted molar refractivity (Wildman–Crippen MR) is 92.0 cm³/mol. The Balaban J connectivity index is 1.64. The zero-order valence-corrected chi connectivity index (χ0v) is 13.9. The molecule has 1 aliphatic heterocycles. The minimum absolute atomic E-state index is 0.780. The van der Waals surface area contributed by atoms with Crippen LogP contribution in [0.1, 0.15) is 32.0 Å². The number of hydrogen-bond acceptors (Lipinski definition) is 3. The number of nitrogens with one attached hydrogen (secondary N) is 1. The molecule has 0 spiro atoms. The maximum absolute atomic E-state index is 4.82. The summed E-state index contributed by atoms with van der Waals surface area (Å²) in [5, 5.41) is 3.64. The SMILES string of the molecule is CCCn1c(CNCC2CCCN(C)C2)nc2ccccc21. The fourth-order valence-corrected chi connectivity index (χ4v) is 3.56. The molecule has 1 N–H and O–H groups in total. The summed E-state index contributed by atoms with van der Waals surface area (Å²) in [7, 11) is 2.23. The number of aryl methyl sites for hydroxylation is 1. The molecule has 1 atom stereocenters. The van der Waals surface area contributed by atoms with Crippen LogP contribution in [-0.4, -0.2) is 41.1 Å². The minimum atomic E-state index is 0.780. The molecule has 1 aromatic carbocycles. The van der Waals surface area contributed by atoms with Gasteiger partial charge in [-0.05, 0) is 57.5 Å². The molecule has 4 nitrogen and oxygen atoms in total. The highest BCUT2D eigenvalue weighted by Gasteiger charge is 2.17. The van der Waals surface area contributed by atoms with Crippen LogP contribution in [0.15, 0.2) is 24.3 Å². The van der Waals surface area contributed by atoms with E-state index in [-0.39, 0.29) is 0 Å². The molecule has 1 fully saturated rings. The predicted octanol–water partition coefficient (Wildman–Crippen LogP) is 2.88. The monoisotopic (exact) mass is 300 g/mol. The Kier molecular flexibility index (Phi) is 5.11. The molecule has 0 amide bonds. The Morgan fingerprint density at radius 1 is 1.32 bits per heavy atom. The lowest BCUT2D eigenvalue weighted by Crippen LogP contribution is -2.37. The molecule has 4 heteroatoms. The van der Waals surface area contributed by atoms with E-state index in [2.05, 4.69) is 53.0 Å². The van der Waals surface area contributed by atoms with E-state index in [1.54, 1.807) is 0 Å². The molecule has 0 aliphatic carbocycles. The Bertz CT molecular complexity index is 604. The second-order valence-corrected chi connectivity index (χ2v) is 6.57. The van der Waals surface area contributed by atoms with Crippen LogP contribution in [0.3, 0.4) is 0 Å². The number of likely N-dealkylation sites (tertiary alicyclic amines) is 1. The summed E-state index contributed by atoms with van der Waals surface area (Å²) in [5.74, 6) is 1.95. The lowest BCUT2D eigenvalue weighted by molar-refractivity contribution is 0.206. The first kappa shape index (κ1) is 15.5. The smallest absolute Gasteiger partial charge is 0.123 e. The van der Waals surface area contributed by atoms with Crippen LogP contribution >= 0.6 is 0 Å². The quantitative estimate of drug-likeness (QED) is 0.890. The first-order chi connectivity index (χ1) is 10.8. The maximum atomic E-state index is 4.82. The van der Waals surface area contributed by atoms with Crippen molar-refractivity contribution >= 4 is 11.0 Å². The number of aromatic nitrogens is 2. The van der Waals surface area contributed by atoms with Gasteiger partial charge in [0.05, 0.1) is 17.6 Å². The summed E-state index contributed by atoms with van der Waals surface area (Å²) in [6, 6.07) is 8.46. The first-order valence-electron chi connectivity index (χ1n) is 8.61. The Labute approximate surface area is 133 Å². The van der Waals surface area contributed by atoms with E-state index in [4.69, 9.17) is 4.98 Å².